The number of pyridine rings is 1. The molecule has 1 heterocycles. The molecule has 0 N–H and O–H groups in total. The highest BCUT2D eigenvalue weighted by Gasteiger charge is 2.15. The minimum absolute atomic E-state index is 0.0274. The lowest BCUT2D eigenvalue weighted by Crippen LogP contribution is -2.33. The molecular formula is C19H22N2O3. The standard InChI is InChI=1S/C19H22N2O3/c1-24-19(23)11-14-21(15-17-9-12-20-13-10-17)18(22)8-7-16-5-3-2-4-6-16/h2-6,9-10,12-13H,7-8,11,14-15H2,1H3. The second-order valence-corrected chi connectivity index (χ2v) is 5.48. The molecule has 126 valence electrons. The lowest BCUT2D eigenvalue weighted by atomic mass is 10.1. The van der Waals surface area contributed by atoms with Crippen molar-refractivity contribution in [3.63, 3.8) is 0 Å². The van der Waals surface area contributed by atoms with Gasteiger partial charge in [0, 0.05) is 31.9 Å². The Bertz CT molecular complexity index is 644. The molecule has 0 aliphatic rings. The van der Waals surface area contributed by atoms with Crippen LogP contribution in [0, 0.1) is 0 Å². The molecule has 0 atom stereocenters. The highest BCUT2D eigenvalue weighted by atomic mass is 16.5. The van der Waals surface area contributed by atoms with Crippen molar-refractivity contribution in [3.05, 3.63) is 66.0 Å². The van der Waals surface area contributed by atoms with Crippen molar-refractivity contribution in [3.8, 4) is 0 Å². The zero-order valence-electron chi connectivity index (χ0n) is 13.9. The lowest BCUT2D eigenvalue weighted by molar-refractivity contribution is -0.141. The molecule has 2 aromatic rings. The van der Waals surface area contributed by atoms with E-state index in [4.69, 9.17) is 0 Å². The first-order valence-electron chi connectivity index (χ1n) is 7.96. The van der Waals surface area contributed by atoms with Crippen LogP contribution < -0.4 is 0 Å². The number of aromatic nitrogens is 1. The number of hydrogen-bond donors (Lipinski definition) is 0. The molecule has 2 rings (SSSR count). The van der Waals surface area contributed by atoms with Crippen molar-refractivity contribution in [1.29, 1.82) is 0 Å². The third kappa shape index (κ3) is 5.83. The average Bonchev–Trinajstić information content (AvgIpc) is 2.64. The van der Waals surface area contributed by atoms with Crippen LogP contribution in [0.25, 0.3) is 0 Å². The zero-order valence-corrected chi connectivity index (χ0v) is 13.9. The molecule has 5 heteroatoms. The smallest absolute Gasteiger partial charge is 0.307 e. The monoisotopic (exact) mass is 326 g/mol. The summed E-state index contributed by atoms with van der Waals surface area (Å²) in [5.74, 6) is -0.287. The number of esters is 1. The molecule has 1 amide bonds. The van der Waals surface area contributed by atoms with Gasteiger partial charge in [0.25, 0.3) is 0 Å². The number of hydrogen-bond acceptors (Lipinski definition) is 4. The number of carbonyl (C=O) groups is 2. The zero-order chi connectivity index (χ0) is 17.2. The van der Waals surface area contributed by atoms with Crippen LogP contribution in [-0.2, 0) is 27.3 Å². The van der Waals surface area contributed by atoms with E-state index in [0.29, 0.717) is 25.9 Å². The van der Waals surface area contributed by atoms with Crippen LogP contribution in [0.4, 0.5) is 0 Å². The number of amides is 1. The maximum Gasteiger partial charge on any atom is 0.307 e. The summed E-state index contributed by atoms with van der Waals surface area (Å²) in [7, 11) is 1.35. The molecule has 0 bridgehead atoms. The Morgan fingerprint density at radius 3 is 2.38 bits per heavy atom. The van der Waals surface area contributed by atoms with Gasteiger partial charge in [0.05, 0.1) is 13.5 Å². The van der Waals surface area contributed by atoms with Gasteiger partial charge in [0.15, 0.2) is 0 Å². The summed E-state index contributed by atoms with van der Waals surface area (Å²) >= 11 is 0. The summed E-state index contributed by atoms with van der Waals surface area (Å²) in [6, 6.07) is 13.6. The minimum Gasteiger partial charge on any atom is -0.469 e. The average molecular weight is 326 g/mol. The van der Waals surface area contributed by atoms with Crippen LogP contribution in [0.1, 0.15) is 24.0 Å². The highest BCUT2D eigenvalue weighted by Crippen LogP contribution is 2.09. The number of benzene rings is 1. The Morgan fingerprint density at radius 1 is 1.00 bits per heavy atom. The van der Waals surface area contributed by atoms with Gasteiger partial charge in [-0.25, -0.2) is 0 Å². The fourth-order valence-electron chi connectivity index (χ4n) is 2.38. The van der Waals surface area contributed by atoms with Gasteiger partial charge >= 0.3 is 5.97 Å². The third-order valence-corrected chi connectivity index (χ3v) is 3.76. The predicted octanol–water partition coefficient (Wildman–Crippen LogP) is 2.61. The van der Waals surface area contributed by atoms with Crippen molar-refractivity contribution in [2.24, 2.45) is 0 Å². The van der Waals surface area contributed by atoms with Crippen molar-refractivity contribution >= 4 is 11.9 Å². The Labute approximate surface area is 142 Å². The van der Waals surface area contributed by atoms with Crippen LogP contribution in [0.5, 0.6) is 0 Å². The number of carbonyl (C=O) groups excluding carboxylic acids is 2. The SMILES string of the molecule is COC(=O)CCN(Cc1ccncc1)C(=O)CCc1ccccc1. The summed E-state index contributed by atoms with van der Waals surface area (Å²) in [6.45, 7) is 0.815. The molecule has 5 nitrogen and oxygen atoms in total. The number of rotatable bonds is 8. The van der Waals surface area contributed by atoms with Gasteiger partial charge < -0.3 is 9.64 Å². The molecular weight excluding hydrogens is 304 g/mol. The second-order valence-electron chi connectivity index (χ2n) is 5.48. The van der Waals surface area contributed by atoms with Crippen molar-refractivity contribution in [2.45, 2.75) is 25.8 Å². The first kappa shape index (κ1) is 17.7. The lowest BCUT2D eigenvalue weighted by Gasteiger charge is -2.22. The Morgan fingerprint density at radius 2 is 1.71 bits per heavy atom. The predicted molar refractivity (Wildman–Crippen MR) is 91.1 cm³/mol. The molecule has 0 radical (unpaired) electrons. The van der Waals surface area contributed by atoms with Crippen LogP contribution >= 0.6 is 0 Å². The quantitative estimate of drug-likeness (QED) is 0.700. The van der Waals surface area contributed by atoms with Crippen molar-refractivity contribution in [2.75, 3.05) is 13.7 Å². The van der Waals surface area contributed by atoms with Crippen molar-refractivity contribution < 1.29 is 14.3 Å². The van der Waals surface area contributed by atoms with Gasteiger partial charge in [-0.3, -0.25) is 14.6 Å². The van der Waals surface area contributed by atoms with Crippen LogP contribution in [-0.4, -0.2) is 35.4 Å². The number of methoxy groups -OCH3 is 1. The molecule has 0 spiro atoms. The molecule has 0 unspecified atom stereocenters. The molecule has 0 aliphatic heterocycles. The van der Waals surface area contributed by atoms with Gasteiger partial charge in [0.1, 0.15) is 0 Å². The van der Waals surface area contributed by atoms with Crippen LogP contribution in [0.3, 0.4) is 0 Å². The van der Waals surface area contributed by atoms with E-state index >= 15 is 0 Å². The Kier molecular flexibility index (Phi) is 6.95. The number of aryl methyl sites for hydroxylation is 1. The van der Waals surface area contributed by atoms with Crippen LogP contribution in [0.2, 0.25) is 0 Å². The van der Waals surface area contributed by atoms with Gasteiger partial charge in [-0.2, -0.15) is 0 Å². The number of nitrogens with zero attached hydrogens (tertiary/aromatic N) is 2. The maximum absolute atomic E-state index is 12.6. The van der Waals surface area contributed by atoms with Gasteiger partial charge in [-0.1, -0.05) is 30.3 Å². The fourth-order valence-corrected chi connectivity index (χ4v) is 2.38. The summed E-state index contributed by atoms with van der Waals surface area (Å²) in [5, 5.41) is 0. The van der Waals surface area contributed by atoms with Gasteiger partial charge in [-0.15, -0.1) is 0 Å². The summed E-state index contributed by atoms with van der Waals surface area (Å²) < 4.78 is 4.67. The van der Waals surface area contributed by atoms with E-state index in [9.17, 15) is 9.59 Å². The van der Waals surface area contributed by atoms with Crippen LogP contribution in [0.15, 0.2) is 54.9 Å². The first-order valence-corrected chi connectivity index (χ1v) is 7.96. The largest absolute Gasteiger partial charge is 0.469 e. The van der Waals surface area contributed by atoms with Crippen molar-refractivity contribution in [1.82, 2.24) is 9.88 Å². The molecule has 0 saturated carbocycles. The van der Waals surface area contributed by atoms with Gasteiger partial charge in [-0.05, 0) is 29.7 Å². The molecule has 0 aliphatic carbocycles. The van der Waals surface area contributed by atoms with Gasteiger partial charge in [0.2, 0.25) is 5.91 Å². The normalized spacial score (nSPS) is 10.2. The Balaban J connectivity index is 1.97. The first-order chi connectivity index (χ1) is 11.7. The van der Waals surface area contributed by atoms with E-state index in [1.54, 1.807) is 17.3 Å². The third-order valence-electron chi connectivity index (χ3n) is 3.76. The molecule has 0 saturated heterocycles. The van der Waals surface area contributed by atoms with E-state index in [-0.39, 0.29) is 18.3 Å². The van der Waals surface area contributed by atoms with E-state index < -0.39 is 0 Å². The van der Waals surface area contributed by atoms with E-state index in [1.807, 2.05) is 42.5 Å². The van der Waals surface area contributed by atoms with E-state index in [2.05, 4.69) is 9.72 Å². The summed E-state index contributed by atoms with van der Waals surface area (Å²) in [6.07, 6.45) is 4.68. The molecule has 0 fully saturated rings. The maximum atomic E-state index is 12.6. The molecule has 1 aromatic heterocycles. The second kappa shape index (κ2) is 9.45. The molecule has 1 aromatic carbocycles. The topological polar surface area (TPSA) is 59.5 Å². The van der Waals surface area contributed by atoms with E-state index in [1.165, 1.54) is 7.11 Å². The Hall–Kier alpha value is -2.69. The summed E-state index contributed by atoms with van der Waals surface area (Å²) in [5.41, 5.74) is 2.12. The summed E-state index contributed by atoms with van der Waals surface area (Å²) in [4.78, 5) is 29.7. The fraction of sp³-hybridized carbons (Fsp3) is 0.316. The minimum atomic E-state index is -0.314. The highest BCUT2D eigenvalue weighted by molar-refractivity contribution is 5.77. The number of ether oxygens (including phenoxy) is 1. The van der Waals surface area contributed by atoms with E-state index in [0.717, 1.165) is 11.1 Å². The molecule has 24 heavy (non-hydrogen) atoms.